The Balaban J connectivity index is 3.70. The molecule has 0 aliphatic heterocycles. The van der Waals surface area contributed by atoms with Crippen molar-refractivity contribution in [1.82, 2.24) is 0 Å². The Kier molecular flexibility index (Phi) is 4.14. The van der Waals surface area contributed by atoms with Gasteiger partial charge in [0.2, 0.25) is 0 Å². The molecule has 9 heavy (non-hydrogen) atoms. The van der Waals surface area contributed by atoms with E-state index in [4.69, 9.17) is 10.2 Å². The van der Waals surface area contributed by atoms with Crippen LogP contribution in [0.15, 0.2) is 11.8 Å². The summed E-state index contributed by atoms with van der Waals surface area (Å²) in [6, 6.07) is 0. The van der Waals surface area contributed by atoms with E-state index in [9.17, 15) is 0 Å². The molecule has 0 aromatic rings. The number of allylic oxidation sites excluding steroid dienone is 1. The van der Waals surface area contributed by atoms with E-state index in [0.717, 1.165) is 6.42 Å². The Hall–Kier alpha value is -0.500. The molecule has 0 heterocycles. The van der Waals surface area contributed by atoms with Crippen LogP contribution in [-0.4, -0.2) is 16.3 Å². The molecule has 2 N–H and O–H groups in total. The lowest BCUT2D eigenvalue weighted by Gasteiger charge is -2.04. The molecular weight excluding hydrogens is 116 g/mol. The van der Waals surface area contributed by atoms with Crippen molar-refractivity contribution in [2.45, 2.75) is 32.8 Å². The van der Waals surface area contributed by atoms with Crippen molar-refractivity contribution in [3.8, 4) is 0 Å². The van der Waals surface area contributed by atoms with Crippen molar-refractivity contribution >= 4 is 0 Å². The molecule has 2 nitrogen and oxygen atoms in total. The quantitative estimate of drug-likeness (QED) is 0.570. The number of rotatable bonds is 3. The van der Waals surface area contributed by atoms with E-state index in [-0.39, 0.29) is 5.76 Å². The van der Waals surface area contributed by atoms with Gasteiger partial charge in [0.1, 0.15) is 11.9 Å². The lowest BCUT2D eigenvalue weighted by molar-refractivity contribution is 0.149. The summed E-state index contributed by atoms with van der Waals surface area (Å²) in [7, 11) is 0. The van der Waals surface area contributed by atoms with Crippen LogP contribution in [0.4, 0.5) is 0 Å². The fourth-order valence-corrected chi connectivity index (χ4v) is 0.554. The van der Waals surface area contributed by atoms with Crippen LogP contribution in [0.1, 0.15) is 26.7 Å². The monoisotopic (exact) mass is 130 g/mol. The predicted molar refractivity (Wildman–Crippen MR) is 37.3 cm³/mol. The van der Waals surface area contributed by atoms with Gasteiger partial charge >= 0.3 is 0 Å². The summed E-state index contributed by atoms with van der Waals surface area (Å²) in [5, 5.41) is 17.9. The van der Waals surface area contributed by atoms with Crippen molar-refractivity contribution in [1.29, 1.82) is 0 Å². The van der Waals surface area contributed by atoms with Gasteiger partial charge in [-0.25, -0.2) is 0 Å². The number of aliphatic hydroxyl groups excluding tert-OH is 2. The predicted octanol–water partition coefficient (Wildman–Crippen LogP) is 1.61. The molecule has 0 bridgehead atoms. The van der Waals surface area contributed by atoms with Crippen LogP contribution in [-0.2, 0) is 0 Å². The number of aliphatic hydroxyl groups is 2. The SMILES string of the molecule is CCC=C(O)C(O)CC. The first kappa shape index (κ1) is 8.50. The van der Waals surface area contributed by atoms with E-state index in [1.54, 1.807) is 6.08 Å². The lowest BCUT2D eigenvalue weighted by atomic mass is 10.2. The minimum absolute atomic E-state index is 0.0972. The molecule has 0 spiro atoms. The Morgan fingerprint density at radius 1 is 1.56 bits per heavy atom. The van der Waals surface area contributed by atoms with Gasteiger partial charge in [0.15, 0.2) is 0 Å². The van der Waals surface area contributed by atoms with Gasteiger partial charge < -0.3 is 10.2 Å². The zero-order chi connectivity index (χ0) is 7.28. The lowest BCUT2D eigenvalue weighted by Crippen LogP contribution is -2.07. The van der Waals surface area contributed by atoms with Crippen LogP contribution < -0.4 is 0 Å². The molecule has 0 saturated heterocycles. The summed E-state index contributed by atoms with van der Waals surface area (Å²) >= 11 is 0. The summed E-state index contributed by atoms with van der Waals surface area (Å²) in [5.41, 5.74) is 0. The van der Waals surface area contributed by atoms with Crippen molar-refractivity contribution in [2.75, 3.05) is 0 Å². The van der Waals surface area contributed by atoms with Gasteiger partial charge in [0, 0.05) is 0 Å². The van der Waals surface area contributed by atoms with E-state index in [1.807, 2.05) is 13.8 Å². The first-order valence-electron chi connectivity index (χ1n) is 3.29. The number of hydrogen-bond donors (Lipinski definition) is 2. The van der Waals surface area contributed by atoms with Gasteiger partial charge in [-0.2, -0.15) is 0 Å². The van der Waals surface area contributed by atoms with Crippen molar-refractivity contribution in [2.24, 2.45) is 0 Å². The second kappa shape index (κ2) is 4.39. The standard InChI is InChI=1S/C7H14O2/c1-3-5-7(9)6(8)4-2/h5-6,8-9H,3-4H2,1-2H3. The van der Waals surface area contributed by atoms with Gasteiger partial charge in [0.25, 0.3) is 0 Å². The van der Waals surface area contributed by atoms with E-state index < -0.39 is 6.10 Å². The second-order valence-electron chi connectivity index (χ2n) is 1.96. The Bertz CT molecular complexity index is 97.1. The van der Waals surface area contributed by atoms with E-state index in [2.05, 4.69) is 0 Å². The van der Waals surface area contributed by atoms with Crippen molar-refractivity contribution in [3.63, 3.8) is 0 Å². The largest absolute Gasteiger partial charge is 0.510 e. The molecule has 0 aromatic carbocycles. The Morgan fingerprint density at radius 2 is 2.11 bits per heavy atom. The highest BCUT2D eigenvalue weighted by atomic mass is 16.3. The molecule has 0 rings (SSSR count). The normalized spacial score (nSPS) is 15.7. The molecule has 1 atom stereocenters. The minimum Gasteiger partial charge on any atom is -0.510 e. The topological polar surface area (TPSA) is 40.5 Å². The molecule has 1 unspecified atom stereocenters. The number of hydrogen-bond acceptors (Lipinski definition) is 2. The molecular formula is C7H14O2. The second-order valence-corrected chi connectivity index (χ2v) is 1.96. The van der Waals surface area contributed by atoms with E-state index in [0.29, 0.717) is 6.42 Å². The van der Waals surface area contributed by atoms with Gasteiger partial charge in [-0.3, -0.25) is 0 Å². The fourth-order valence-electron chi connectivity index (χ4n) is 0.554. The molecule has 0 fully saturated rings. The van der Waals surface area contributed by atoms with Crippen molar-refractivity contribution < 1.29 is 10.2 Å². The van der Waals surface area contributed by atoms with E-state index >= 15 is 0 Å². The van der Waals surface area contributed by atoms with Gasteiger partial charge in [0.05, 0.1) is 0 Å². The van der Waals surface area contributed by atoms with Gasteiger partial charge in [-0.05, 0) is 18.9 Å². The summed E-state index contributed by atoms with van der Waals surface area (Å²) in [6.45, 7) is 3.74. The molecule has 0 amide bonds. The Morgan fingerprint density at radius 3 is 2.44 bits per heavy atom. The average Bonchev–Trinajstić information content (AvgIpc) is 1.87. The maximum absolute atomic E-state index is 8.94. The summed E-state index contributed by atoms with van der Waals surface area (Å²) in [5.74, 6) is 0.0972. The van der Waals surface area contributed by atoms with Crippen LogP contribution in [0, 0.1) is 0 Å². The molecule has 0 aliphatic rings. The molecule has 2 heteroatoms. The highest BCUT2D eigenvalue weighted by Crippen LogP contribution is 2.02. The third kappa shape index (κ3) is 3.14. The third-order valence-corrected chi connectivity index (χ3v) is 1.14. The van der Waals surface area contributed by atoms with Crippen LogP contribution in [0.5, 0.6) is 0 Å². The van der Waals surface area contributed by atoms with Crippen molar-refractivity contribution in [3.05, 3.63) is 11.8 Å². The highest BCUT2D eigenvalue weighted by Gasteiger charge is 2.03. The van der Waals surface area contributed by atoms with Crippen LogP contribution in [0.2, 0.25) is 0 Å². The van der Waals surface area contributed by atoms with Gasteiger partial charge in [-0.1, -0.05) is 13.8 Å². The van der Waals surface area contributed by atoms with E-state index in [1.165, 1.54) is 0 Å². The molecule has 54 valence electrons. The first-order valence-corrected chi connectivity index (χ1v) is 3.29. The fraction of sp³-hybridized carbons (Fsp3) is 0.714. The van der Waals surface area contributed by atoms with Crippen LogP contribution >= 0.6 is 0 Å². The summed E-state index contributed by atoms with van der Waals surface area (Å²) in [6.07, 6.45) is 2.30. The molecule has 0 aliphatic carbocycles. The maximum atomic E-state index is 8.94. The zero-order valence-corrected chi connectivity index (χ0v) is 5.96. The first-order chi connectivity index (χ1) is 4.22. The zero-order valence-electron chi connectivity index (χ0n) is 5.96. The summed E-state index contributed by atoms with van der Waals surface area (Å²) < 4.78 is 0. The van der Waals surface area contributed by atoms with Gasteiger partial charge in [-0.15, -0.1) is 0 Å². The molecule has 0 aromatic heterocycles. The smallest absolute Gasteiger partial charge is 0.117 e. The molecule has 0 saturated carbocycles. The minimum atomic E-state index is -0.662. The highest BCUT2D eigenvalue weighted by molar-refractivity contribution is 4.96. The third-order valence-electron chi connectivity index (χ3n) is 1.14. The Labute approximate surface area is 55.8 Å². The average molecular weight is 130 g/mol. The molecule has 0 radical (unpaired) electrons. The summed E-state index contributed by atoms with van der Waals surface area (Å²) in [4.78, 5) is 0. The van der Waals surface area contributed by atoms with Crippen LogP contribution in [0.3, 0.4) is 0 Å². The maximum Gasteiger partial charge on any atom is 0.117 e. The van der Waals surface area contributed by atoms with Crippen LogP contribution in [0.25, 0.3) is 0 Å².